The number of aryl methyl sites for hydroxylation is 1. The van der Waals surface area contributed by atoms with Gasteiger partial charge in [-0.25, -0.2) is 0 Å². The molecule has 0 amide bonds. The zero-order valence-electron chi connectivity index (χ0n) is 11.7. The topological polar surface area (TPSA) is 30.2 Å². The van der Waals surface area contributed by atoms with E-state index >= 15 is 0 Å². The first-order valence-electron chi connectivity index (χ1n) is 7.11. The molecule has 110 valence electrons. The van der Waals surface area contributed by atoms with Crippen molar-refractivity contribution in [2.24, 2.45) is 5.92 Å². The van der Waals surface area contributed by atoms with E-state index in [2.05, 4.69) is 6.92 Å². The lowest BCUT2D eigenvalue weighted by molar-refractivity contribution is 0.0981. The minimum Gasteiger partial charge on any atom is -0.466 e. The normalized spacial score (nSPS) is 20.5. The number of benzene rings is 1. The van der Waals surface area contributed by atoms with Crippen molar-refractivity contribution in [3.8, 4) is 0 Å². The van der Waals surface area contributed by atoms with Gasteiger partial charge in [-0.1, -0.05) is 30.1 Å². The van der Waals surface area contributed by atoms with Gasteiger partial charge in [-0.3, -0.25) is 4.79 Å². The summed E-state index contributed by atoms with van der Waals surface area (Å²) in [6.45, 7) is 2.22. The lowest BCUT2D eigenvalue weighted by atomic mass is 10.1. The van der Waals surface area contributed by atoms with E-state index in [1.54, 1.807) is 18.2 Å². The number of hydrogen-bond donors (Lipinski definition) is 0. The number of carbonyl (C=O) groups excluding carboxylic acids is 1. The number of furan rings is 1. The summed E-state index contributed by atoms with van der Waals surface area (Å²) in [4.78, 5) is 12.2. The molecule has 2 atom stereocenters. The Hall–Kier alpha value is -1.25. The summed E-state index contributed by atoms with van der Waals surface area (Å²) in [6, 6.07) is 8.94. The molecule has 1 heterocycles. The van der Waals surface area contributed by atoms with E-state index in [4.69, 9.17) is 27.6 Å². The molecule has 4 heteroatoms. The Morgan fingerprint density at radius 1 is 1.29 bits per heavy atom. The van der Waals surface area contributed by atoms with Crippen LogP contribution >= 0.6 is 23.2 Å². The summed E-state index contributed by atoms with van der Waals surface area (Å²) in [6.07, 6.45) is 2.15. The van der Waals surface area contributed by atoms with Crippen LogP contribution in [-0.4, -0.2) is 5.78 Å². The van der Waals surface area contributed by atoms with Gasteiger partial charge in [-0.05, 0) is 42.7 Å². The highest BCUT2D eigenvalue weighted by Crippen LogP contribution is 2.47. The molecule has 0 bridgehead atoms. The van der Waals surface area contributed by atoms with Gasteiger partial charge in [0.25, 0.3) is 0 Å². The lowest BCUT2D eigenvalue weighted by Gasteiger charge is -2.03. The maximum atomic E-state index is 12.2. The average molecular weight is 323 g/mol. The Labute approximate surface area is 134 Å². The fourth-order valence-electron chi connectivity index (χ4n) is 2.53. The van der Waals surface area contributed by atoms with E-state index < -0.39 is 0 Å². The van der Waals surface area contributed by atoms with Crippen LogP contribution < -0.4 is 0 Å². The number of carbonyl (C=O) groups is 1. The van der Waals surface area contributed by atoms with Crippen LogP contribution in [0.5, 0.6) is 0 Å². The van der Waals surface area contributed by atoms with Crippen molar-refractivity contribution in [1.82, 2.24) is 0 Å². The fourth-order valence-corrected chi connectivity index (χ4v) is 2.92. The number of ketones is 1. The first-order chi connectivity index (χ1) is 10.0. The van der Waals surface area contributed by atoms with Gasteiger partial charge >= 0.3 is 0 Å². The highest BCUT2D eigenvalue weighted by molar-refractivity contribution is 6.35. The summed E-state index contributed by atoms with van der Waals surface area (Å²) in [5.74, 6) is 3.18. The molecule has 21 heavy (non-hydrogen) atoms. The van der Waals surface area contributed by atoms with Gasteiger partial charge in [0.2, 0.25) is 0 Å². The lowest BCUT2D eigenvalue weighted by Crippen LogP contribution is -2.01. The molecule has 0 aliphatic heterocycles. The quantitative estimate of drug-likeness (QED) is 0.678. The van der Waals surface area contributed by atoms with Crippen LogP contribution in [0, 0.1) is 5.92 Å². The van der Waals surface area contributed by atoms with Crippen LogP contribution in [0.2, 0.25) is 10.0 Å². The molecule has 2 nitrogen and oxygen atoms in total. The van der Waals surface area contributed by atoms with Gasteiger partial charge in [0.05, 0.1) is 5.02 Å². The van der Waals surface area contributed by atoms with Crippen molar-refractivity contribution >= 4 is 29.0 Å². The second-order valence-electron chi connectivity index (χ2n) is 5.67. The molecular formula is C17H16Cl2O2. The smallest absolute Gasteiger partial charge is 0.164 e. The minimum atomic E-state index is -0.0137. The van der Waals surface area contributed by atoms with Crippen molar-refractivity contribution in [2.75, 3.05) is 0 Å². The molecule has 0 saturated heterocycles. The number of Topliss-reactive ketones (excluding diaryl/α,β-unsaturated/α-hetero) is 1. The van der Waals surface area contributed by atoms with Crippen LogP contribution in [0.15, 0.2) is 34.7 Å². The Bertz CT molecular complexity index is 675. The van der Waals surface area contributed by atoms with Gasteiger partial charge in [0, 0.05) is 29.3 Å². The van der Waals surface area contributed by atoms with Crippen LogP contribution in [0.25, 0.3) is 0 Å². The molecule has 1 saturated carbocycles. The molecule has 1 aliphatic carbocycles. The Kier molecular flexibility index (Phi) is 4.10. The number of hydrogen-bond acceptors (Lipinski definition) is 2. The molecule has 3 rings (SSSR count). The van der Waals surface area contributed by atoms with Gasteiger partial charge in [0.1, 0.15) is 11.5 Å². The summed E-state index contributed by atoms with van der Waals surface area (Å²) < 4.78 is 5.81. The second kappa shape index (κ2) is 5.86. The highest BCUT2D eigenvalue weighted by Gasteiger charge is 2.36. The highest BCUT2D eigenvalue weighted by atomic mass is 35.5. The molecule has 0 spiro atoms. The van der Waals surface area contributed by atoms with Crippen molar-refractivity contribution < 1.29 is 9.21 Å². The number of halogens is 2. The van der Waals surface area contributed by atoms with Crippen LogP contribution in [0.3, 0.4) is 0 Å². The van der Waals surface area contributed by atoms with Crippen LogP contribution in [0.1, 0.15) is 47.6 Å². The molecular weight excluding hydrogens is 307 g/mol. The van der Waals surface area contributed by atoms with Crippen molar-refractivity contribution in [3.63, 3.8) is 0 Å². The number of rotatable bonds is 5. The van der Waals surface area contributed by atoms with E-state index in [0.29, 0.717) is 34.4 Å². The van der Waals surface area contributed by atoms with Gasteiger partial charge in [0.15, 0.2) is 5.78 Å². The van der Waals surface area contributed by atoms with Crippen molar-refractivity contribution in [3.05, 3.63) is 57.5 Å². The van der Waals surface area contributed by atoms with E-state index in [1.807, 2.05) is 12.1 Å². The predicted octanol–water partition coefficient (Wildman–Crippen LogP) is 5.53. The van der Waals surface area contributed by atoms with Crippen molar-refractivity contribution in [2.45, 2.75) is 32.1 Å². The Balaban J connectivity index is 1.63. The van der Waals surface area contributed by atoms with Gasteiger partial charge in [-0.15, -0.1) is 0 Å². The second-order valence-corrected chi connectivity index (χ2v) is 6.51. The molecule has 0 unspecified atom stereocenters. The molecule has 0 radical (unpaired) electrons. The molecule has 1 aromatic carbocycles. The maximum Gasteiger partial charge on any atom is 0.164 e. The SMILES string of the molecule is C[C@H]1C[C@H]1c1ccc(CCC(=O)c2cc(Cl)ccc2Cl)o1. The largest absolute Gasteiger partial charge is 0.466 e. The van der Waals surface area contributed by atoms with Crippen molar-refractivity contribution in [1.29, 1.82) is 0 Å². The summed E-state index contributed by atoms with van der Waals surface area (Å²) >= 11 is 11.9. The van der Waals surface area contributed by atoms with E-state index in [0.717, 1.165) is 17.4 Å². The standard InChI is InChI=1S/C17H16Cl2O2/c1-10-8-13(10)17-7-4-12(21-17)3-6-16(20)14-9-11(18)2-5-15(14)19/h2,4-5,7,9-10,13H,3,6,8H2,1H3/t10-,13+/m0/s1. The molecule has 0 N–H and O–H groups in total. The van der Waals surface area contributed by atoms with E-state index in [9.17, 15) is 4.79 Å². The predicted molar refractivity (Wildman–Crippen MR) is 84.3 cm³/mol. The maximum absolute atomic E-state index is 12.2. The third kappa shape index (κ3) is 3.33. The molecule has 1 aromatic heterocycles. The summed E-state index contributed by atoms with van der Waals surface area (Å²) in [5, 5.41) is 0.960. The fraction of sp³-hybridized carbons (Fsp3) is 0.353. The van der Waals surface area contributed by atoms with Gasteiger partial charge in [-0.2, -0.15) is 0 Å². The summed E-state index contributed by atoms with van der Waals surface area (Å²) in [7, 11) is 0. The Morgan fingerprint density at radius 3 is 2.76 bits per heavy atom. The first kappa shape index (κ1) is 14.7. The van der Waals surface area contributed by atoms with Crippen LogP contribution in [-0.2, 0) is 6.42 Å². The third-order valence-corrected chi connectivity index (χ3v) is 4.55. The summed E-state index contributed by atoms with van der Waals surface area (Å²) in [5.41, 5.74) is 0.478. The van der Waals surface area contributed by atoms with Crippen LogP contribution in [0.4, 0.5) is 0 Å². The molecule has 1 fully saturated rings. The zero-order chi connectivity index (χ0) is 15.0. The Morgan fingerprint density at radius 2 is 2.05 bits per heavy atom. The van der Waals surface area contributed by atoms with Gasteiger partial charge < -0.3 is 4.42 Å². The van der Waals surface area contributed by atoms with E-state index in [-0.39, 0.29) is 5.78 Å². The zero-order valence-corrected chi connectivity index (χ0v) is 13.2. The monoisotopic (exact) mass is 322 g/mol. The average Bonchev–Trinajstić information content (AvgIpc) is 3.01. The third-order valence-electron chi connectivity index (χ3n) is 3.98. The molecule has 2 aromatic rings. The van der Waals surface area contributed by atoms with E-state index in [1.165, 1.54) is 6.42 Å². The first-order valence-corrected chi connectivity index (χ1v) is 7.87. The minimum absolute atomic E-state index is 0.0137. The molecule has 1 aliphatic rings.